The van der Waals surface area contributed by atoms with Gasteiger partial charge in [-0.2, -0.15) is 0 Å². The van der Waals surface area contributed by atoms with Gasteiger partial charge in [0.2, 0.25) is 5.91 Å². The number of aryl methyl sites for hydroxylation is 1. The molecule has 1 aromatic carbocycles. The van der Waals surface area contributed by atoms with Crippen molar-refractivity contribution in [3.05, 3.63) is 53.7 Å². The van der Waals surface area contributed by atoms with Crippen LogP contribution in [0.5, 0.6) is 5.75 Å². The second kappa shape index (κ2) is 11.3. The Hall–Kier alpha value is -3.20. The third kappa shape index (κ3) is 6.92. The second-order valence-electron chi connectivity index (χ2n) is 7.63. The number of carbonyl (C=O) groups excluding carboxylic acids is 2. The van der Waals surface area contributed by atoms with Gasteiger partial charge < -0.3 is 25.4 Å². The standard InChI is InChI=1S/C22H29FN4O4/c1-14(2)11-17(22(30)26-19(24)7-8-25-9-10-28)27-13-16(12-20(27)29)31-18-6-4-5-15(3)21(18)23/h4-8,12,14,17,25,28H,9-11,13H2,1-3H3,(H2,24,26,30)/b8-7-/t17-/m0/s1. The number of nitrogens with zero attached hydrogens (tertiary/aromatic N) is 1. The van der Waals surface area contributed by atoms with E-state index in [4.69, 9.17) is 15.3 Å². The van der Waals surface area contributed by atoms with Crippen LogP contribution in [-0.2, 0) is 9.59 Å². The molecule has 0 spiro atoms. The molecular weight excluding hydrogens is 403 g/mol. The minimum absolute atomic E-state index is 0.0213. The number of rotatable bonds is 10. The second-order valence-corrected chi connectivity index (χ2v) is 7.63. The molecule has 2 rings (SSSR count). The van der Waals surface area contributed by atoms with Crippen LogP contribution in [-0.4, -0.2) is 53.4 Å². The van der Waals surface area contributed by atoms with Crippen LogP contribution >= 0.6 is 0 Å². The van der Waals surface area contributed by atoms with Crippen molar-refractivity contribution in [2.45, 2.75) is 33.2 Å². The molecule has 1 aliphatic rings. The summed E-state index contributed by atoms with van der Waals surface area (Å²) in [5.41, 5.74) is 0.427. The Morgan fingerprint density at radius 2 is 2.16 bits per heavy atom. The number of amides is 2. The zero-order valence-corrected chi connectivity index (χ0v) is 17.9. The van der Waals surface area contributed by atoms with E-state index in [2.05, 4.69) is 10.6 Å². The van der Waals surface area contributed by atoms with Crippen molar-refractivity contribution in [1.29, 1.82) is 5.41 Å². The Bertz CT molecular complexity index is 882. The van der Waals surface area contributed by atoms with Gasteiger partial charge in [-0.1, -0.05) is 26.0 Å². The first kappa shape index (κ1) is 24.1. The Kier molecular flexibility index (Phi) is 8.75. The molecule has 8 nitrogen and oxygen atoms in total. The van der Waals surface area contributed by atoms with Gasteiger partial charge in [-0.3, -0.25) is 15.0 Å². The number of hydrogen-bond donors (Lipinski definition) is 4. The van der Waals surface area contributed by atoms with Crippen LogP contribution in [0.15, 0.2) is 42.3 Å². The fourth-order valence-electron chi connectivity index (χ4n) is 3.05. The van der Waals surface area contributed by atoms with E-state index >= 15 is 0 Å². The smallest absolute Gasteiger partial charge is 0.251 e. The number of ether oxygens (including phenoxy) is 1. The molecule has 1 heterocycles. The first-order valence-corrected chi connectivity index (χ1v) is 10.1. The summed E-state index contributed by atoms with van der Waals surface area (Å²) >= 11 is 0. The first-order chi connectivity index (χ1) is 14.7. The maximum atomic E-state index is 14.2. The number of halogens is 1. The van der Waals surface area contributed by atoms with Crippen LogP contribution in [0.4, 0.5) is 4.39 Å². The third-order valence-electron chi connectivity index (χ3n) is 4.55. The number of carbonyl (C=O) groups is 2. The van der Waals surface area contributed by atoms with Gasteiger partial charge in [0.15, 0.2) is 11.6 Å². The van der Waals surface area contributed by atoms with Crippen LogP contribution < -0.4 is 15.4 Å². The van der Waals surface area contributed by atoms with Gasteiger partial charge in [0, 0.05) is 18.8 Å². The van der Waals surface area contributed by atoms with E-state index in [1.54, 1.807) is 19.1 Å². The molecule has 31 heavy (non-hydrogen) atoms. The van der Waals surface area contributed by atoms with Gasteiger partial charge >= 0.3 is 0 Å². The van der Waals surface area contributed by atoms with Crippen molar-refractivity contribution in [2.24, 2.45) is 5.92 Å². The highest BCUT2D eigenvalue weighted by Crippen LogP contribution is 2.25. The molecule has 1 aromatic rings. The summed E-state index contributed by atoms with van der Waals surface area (Å²) < 4.78 is 19.8. The fourth-order valence-corrected chi connectivity index (χ4v) is 3.05. The molecule has 4 N–H and O–H groups in total. The van der Waals surface area contributed by atoms with Gasteiger partial charge in [-0.25, -0.2) is 4.39 Å². The molecule has 0 saturated carbocycles. The van der Waals surface area contributed by atoms with E-state index in [1.807, 2.05) is 13.8 Å². The molecule has 0 bridgehead atoms. The van der Waals surface area contributed by atoms with Gasteiger partial charge in [0.1, 0.15) is 17.6 Å². The molecular formula is C22H29FN4O4. The lowest BCUT2D eigenvalue weighted by Gasteiger charge is -2.28. The molecule has 9 heteroatoms. The molecule has 168 valence electrons. The average Bonchev–Trinajstić information content (AvgIpc) is 3.06. The fraction of sp³-hybridized carbons (Fsp3) is 0.409. The Labute approximate surface area is 181 Å². The molecule has 2 amide bonds. The number of aliphatic hydroxyl groups excluding tert-OH is 1. The van der Waals surface area contributed by atoms with Crippen LogP contribution in [0.2, 0.25) is 0 Å². The highest BCUT2D eigenvalue weighted by molar-refractivity contribution is 6.05. The summed E-state index contributed by atoms with van der Waals surface area (Å²) in [7, 11) is 0. The van der Waals surface area contributed by atoms with Crippen molar-refractivity contribution >= 4 is 17.6 Å². The van der Waals surface area contributed by atoms with Crippen LogP contribution in [0.3, 0.4) is 0 Å². The predicted octanol–water partition coefficient (Wildman–Crippen LogP) is 1.84. The third-order valence-corrected chi connectivity index (χ3v) is 4.55. The minimum Gasteiger partial charge on any atom is -0.457 e. The Morgan fingerprint density at radius 1 is 1.42 bits per heavy atom. The van der Waals surface area contributed by atoms with E-state index in [0.29, 0.717) is 18.5 Å². The largest absolute Gasteiger partial charge is 0.457 e. The zero-order chi connectivity index (χ0) is 23.0. The van der Waals surface area contributed by atoms with Crippen molar-refractivity contribution in [2.75, 3.05) is 19.7 Å². The molecule has 0 saturated heterocycles. The zero-order valence-electron chi connectivity index (χ0n) is 17.9. The quantitative estimate of drug-likeness (QED) is 0.256. The first-order valence-electron chi connectivity index (χ1n) is 10.1. The maximum absolute atomic E-state index is 14.2. The molecule has 1 atom stereocenters. The summed E-state index contributed by atoms with van der Waals surface area (Å²) in [6.45, 7) is 5.77. The van der Waals surface area contributed by atoms with E-state index in [0.717, 1.165) is 0 Å². The van der Waals surface area contributed by atoms with Gasteiger partial charge in [-0.15, -0.1) is 0 Å². The van der Waals surface area contributed by atoms with Crippen LogP contribution in [0, 0.1) is 24.1 Å². The Balaban J connectivity index is 2.07. The van der Waals surface area contributed by atoms with Gasteiger partial charge in [0.05, 0.1) is 13.2 Å². The lowest BCUT2D eigenvalue weighted by atomic mass is 10.0. The molecule has 0 radical (unpaired) electrons. The van der Waals surface area contributed by atoms with E-state index in [1.165, 1.54) is 29.3 Å². The lowest BCUT2D eigenvalue weighted by molar-refractivity contribution is -0.135. The van der Waals surface area contributed by atoms with Crippen molar-refractivity contribution in [3.8, 4) is 5.75 Å². The number of amidine groups is 1. The normalized spacial score (nSPS) is 14.7. The van der Waals surface area contributed by atoms with Crippen molar-refractivity contribution in [1.82, 2.24) is 15.5 Å². The monoisotopic (exact) mass is 432 g/mol. The topological polar surface area (TPSA) is 115 Å². The van der Waals surface area contributed by atoms with Crippen LogP contribution in [0.25, 0.3) is 0 Å². The number of aliphatic hydroxyl groups is 1. The lowest BCUT2D eigenvalue weighted by Crippen LogP contribution is -2.49. The number of benzene rings is 1. The van der Waals surface area contributed by atoms with Crippen molar-refractivity contribution < 1.29 is 23.8 Å². The summed E-state index contributed by atoms with van der Waals surface area (Å²) in [6, 6.07) is 3.94. The van der Waals surface area contributed by atoms with Gasteiger partial charge in [0.25, 0.3) is 5.91 Å². The van der Waals surface area contributed by atoms with Crippen LogP contribution in [0.1, 0.15) is 25.8 Å². The predicted molar refractivity (Wildman–Crippen MR) is 115 cm³/mol. The average molecular weight is 432 g/mol. The highest BCUT2D eigenvalue weighted by Gasteiger charge is 2.35. The Morgan fingerprint density at radius 3 is 2.84 bits per heavy atom. The van der Waals surface area contributed by atoms with Crippen molar-refractivity contribution in [3.63, 3.8) is 0 Å². The highest BCUT2D eigenvalue weighted by atomic mass is 19.1. The minimum atomic E-state index is -0.814. The molecule has 0 aliphatic carbocycles. The summed E-state index contributed by atoms with van der Waals surface area (Å²) in [5.74, 6) is -1.17. The number of nitrogens with one attached hydrogen (secondary N) is 3. The number of hydrogen-bond acceptors (Lipinski definition) is 6. The van der Waals surface area contributed by atoms with Gasteiger partial charge in [-0.05, 0) is 37.0 Å². The van der Waals surface area contributed by atoms with E-state index < -0.39 is 23.7 Å². The van der Waals surface area contributed by atoms with E-state index in [9.17, 15) is 14.0 Å². The molecule has 1 aliphatic heterocycles. The maximum Gasteiger partial charge on any atom is 0.251 e. The van der Waals surface area contributed by atoms with E-state index in [-0.39, 0.29) is 36.4 Å². The molecule has 0 aromatic heterocycles. The molecule has 0 unspecified atom stereocenters. The summed E-state index contributed by atoms with van der Waals surface area (Å²) in [5, 5.41) is 21.8. The summed E-state index contributed by atoms with van der Waals surface area (Å²) in [4.78, 5) is 26.7. The molecule has 0 fully saturated rings. The SMILES string of the molecule is Cc1cccc(OC2=CC(=O)N([C@@H](CC(C)C)C(=O)NC(=N)/C=C\NCCO)C2)c1F. The summed E-state index contributed by atoms with van der Waals surface area (Å²) in [6.07, 6.45) is 4.43.